The quantitative estimate of drug-likeness (QED) is 0.350. The number of methoxy groups -OCH3 is 1. The molecule has 182 valence electrons. The highest BCUT2D eigenvalue weighted by Crippen LogP contribution is 2.36. The molecule has 0 bridgehead atoms. The van der Waals surface area contributed by atoms with Crippen LogP contribution in [0.4, 0.5) is 8.78 Å². The molecule has 0 spiro atoms. The molecule has 0 aliphatic rings. The minimum absolute atomic E-state index is 0.00556. The van der Waals surface area contributed by atoms with Crippen LogP contribution in [0.25, 0.3) is 11.3 Å². The maximum Gasteiger partial charge on any atom is 0.388 e. The third-order valence-corrected chi connectivity index (χ3v) is 5.38. The number of benzene rings is 2. The molecule has 0 aliphatic carbocycles. The zero-order valence-corrected chi connectivity index (χ0v) is 19.9. The maximum absolute atomic E-state index is 12.6. The minimum Gasteiger partial charge on any atom is -0.489 e. The molecule has 1 aromatic heterocycles. The molecule has 0 fully saturated rings. The molecule has 1 unspecified atom stereocenters. The first kappa shape index (κ1) is 25.3. The second kappa shape index (κ2) is 11.2. The van der Waals surface area contributed by atoms with E-state index in [-0.39, 0.29) is 17.5 Å². The van der Waals surface area contributed by atoms with Crippen molar-refractivity contribution in [1.29, 1.82) is 0 Å². The van der Waals surface area contributed by atoms with E-state index in [2.05, 4.69) is 9.84 Å². The number of alkyl halides is 2. The zero-order valence-electron chi connectivity index (χ0n) is 19.2. The first-order valence-electron chi connectivity index (χ1n) is 10.5. The predicted molar refractivity (Wildman–Crippen MR) is 123 cm³/mol. The summed E-state index contributed by atoms with van der Waals surface area (Å²) in [5.41, 5.74) is 2.75. The van der Waals surface area contributed by atoms with Crippen molar-refractivity contribution in [3.63, 3.8) is 0 Å². The van der Waals surface area contributed by atoms with Gasteiger partial charge in [0.15, 0.2) is 6.10 Å². The van der Waals surface area contributed by atoms with E-state index in [4.69, 9.17) is 25.8 Å². The Morgan fingerprint density at radius 1 is 1.15 bits per heavy atom. The first-order chi connectivity index (χ1) is 16.2. The highest BCUT2D eigenvalue weighted by molar-refractivity contribution is 6.34. The van der Waals surface area contributed by atoms with Gasteiger partial charge >= 0.3 is 12.6 Å². The van der Waals surface area contributed by atoms with E-state index in [1.54, 1.807) is 31.2 Å². The molecule has 1 atom stereocenters. The largest absolute Gasteiger partial charge is 0.489 e. The van der Waals surface area contributed by atoms with Crippen LogP contribution in [0.15, 0.2) is 42.5 Å². The molecule has 0 N–H and O–H groups in total. The summed E-state index contributed by atoms with van der Waals surface area (Å²) in [5.74, 6) is 0.419. The van der Waals surface area contributed by atoms with Gasteiger partial charge in [0.25, 0.3) is 0 Å². The normalized spacial score (nSPS) is 11.9. The number of halogens is 3. The highest BCUT2D eigenvalue weighted by atomic mass is 35.5. The third kappa shape index (κ3) is 5.96. The van der Waals surface area contributed by atoms with Crippen molar-refractivity contribution in [3.8, 4) is 28.6 Å². The Morgan fingerprint density at radius 2 is 1.85 bits per heavy atom. The van der Waals surface area contributed by atoms with Crippen molar-refractivity contribution in [2.75, 3.05) is 7.11 Å². The van der Waals surface area contributed by atoms with Crippen molar-refractivity contribution in [1.82, 2.24) is 9.78 Å². The SMILES string of the molecule is CCc1ccc(COc2ccc(-c3nn(C)c(OC(F)F)c3Cl)cc2)c(OC(C)C(=O)OC)c1. The molecule has 0 radical (unpaired) electrons. The smallest absolute Gasteiger partial charge is 0.388 e. The molecule has 34 heavy (non-hydrogen) atoms. The Balaban J connectivity index is 1.74. The number of aromatic nitrogens is 2. The van der Waals surface area contributed by atoms with Crippen molar-refractivity contribution in [2.24, 2.45) is 7.05 Å². The lowest BCUT2D eigenvalue weighted by Gasteiger charge is -2.17. The van der Waals surface area contributed by atoms with E-state index < -0.39 is 18.7 Å². The summed E-state index contributed by atoms with van der Waals surface area (Å²) >= 11 is 6.19. The van der Waals surface area contributed by atoms with Gasteiger partial charge in [-0.15, -0.1) is 0 Å². The fourth-order valence-electron chi connectivity index (χ4n) is 3.20. The molecule has 0 saturated heterocycles. The summed E-state index contributed by atoms with van der Waals surface area (Å²) in [6.07, 6.45) is 0.0447. The molecule has 1 heterocycles. The second-order valence-corrected chi connectivity index (χ2v) is 7.74. The average Bonchev–Trinajstić information content (AvgIpc) is 3.10. The van der Waals surface area contributed by atoms with Gasteiger partial charge in [-0.25, -0.2) is 9.48 Å². The summed E-state index contributed by atoms with van der Waals surface area (Å²) in [4.78, 5) is 11.8. The number of aryl methyl sites for hydroxylation is 2. The van der Waals surface area contributed by atoms with Crippen LogP contribution in [-0.2, 0) is 29.6 Å². The first-order valence-corrected chi connectivity index (χ1v) is 10.9. The van der Waals surface area contributed by atoms with E-state index in [9.17, 15) is 13.6 Å². The standard InChI is InChI=1S/C24H25ClF2N2O5/c1-5-15-6-7-17(19(12-15)33-14(2)23(30)31-4)13-32-18-10-8-16(9-11-18)21-20(25)22(29(3)28-21)34-24(26)27/h6-12,14,24H,5,13H2,1-4H3. The van der Waals surface area contributed by atoms with Crippen LogP contribution in [0.2, 0.25) is 5.02 Å². The van der Waals surface area contributed by atoms with E-state index in [0.29, 0.717) is 22.8 Å². The van der Waals surface area contributed by atoms with Gasteiger partial charge in [-0.05, 0) is 49.2 Å². The van der Waals surface area contributed by atoms with Crippen molar-refractivity contribution in [3.05, 3.63) is 58.6 Å². The topological polar surface area (TPSA) is 71.8 Å². The predicted octanol–water partition coefficient (Wildman–Crippen LogP) is 5.42. The number of carbonyl (C=O) groups is 1. The van der Waals surface area contributed by atoms with E-state index in [1.165, 1.54) is 14.2 Å². The summed E-state index contributed by atoms with van der Waals surface area (Å²) in [6, 6.07) is 12.6. The van der Waals surface area contributed by atoms with Crippen molar-refractivity contribution in [2.45, 2.75) is 39.6 Å². The Kier molecular flexibility index (Phi) is 8.33. The van der Waals surface area contributed by atoms with Crippen LogP contribution < -0.4 is 14.2 Å². The summed E-state index contributed by atoms with van der Waals surface area (Å²) in [7, 11) is 2.78. The second-order valence-electron chi connectivity index (χ2n) is 7.36. The number of esters is 1. The van der Waals surface area contributed by atoms with E-state index >= 15 is 0 Å². The molecule has 7 nitrogen and oxygen atoms in total. The molecule has 0 aliphatic heterocycles. The minimum atomic E-state index is -3.01. The summed E-state index contributed by atoms with van der Waals surface area (Å²) in [6.45, 7) is 0.835. The molecule has 3 aromatic rings. The molecular formula is C24H25ClF2N2O5. The molecule has 0 saturated carbocycles. The lowest BCUT2D eigenvalue weighted by Crippen LogP contribution is -2.25. The summed E-state index contributed by atoms with van der Waals surface area (Å²) in [5, 5.41) is 4.16. The Hall–Kier alpha value is -3.33. The van der Waals surface area contributed by atoms with Gasteiger partial charge in [0.1, 0.15) is 28.8 Å². The lowest BCUT2D eigenvalue weighted by atomic mass is 10.1. The summed E-state index contributed by atoms with van der Waals surface area (Å²) < 4.78 is 47.2. The van der Waals surface area contributed by atoms with E-state index in [1.807, 2.05) is 25.1 Å². The monoisotopic (exact) mass is 494 g/mol. The Bertz CT molecular complexity index is 1140. The van der Waals surface area contributed by atoms with Crippen LogP contribution in [0.5, 0.6) is 17.4 Å². The molecule has 10 heteroatoms. The number of ether oxygens (including phenoxy) is 4. The number of carbonyl (C=O) groups excluding carboxylic acids is 1. The van der Waals surface area contributed by atoms with Gasteiger partial charge in [-0.3, -0.25) is 0 Å². The van der Waals surface area contributed by atoms with Gasteiger partial charge in [0.2, 0.25) is 5.88 Å². The number of hydrogen-bond donors (Lipinski definition) is 0. The van der Waals surface area contributed by atoms with E-state index in [0.717, 1.165) is 22.2 Å². The Labute approximate surface area is 201 Å². The zero-order chi connectivity index (χ0) is 24.8. The number of hydrogen-bond acceptors (Lipinski definition) is 6. The number of rotatable bonds is 10. The third-order valence-electron chi connectivity index (χ3n) is 5.04. The van der Waals surface area contributed by atoms with Gasteiger partial charge in [-0.2, -0.15) is 13.9 Å². The van der Waals surface area contributed by atoms with Crippen LogP contribution in [0, 0.1) is 0 Å². The fourth-order valence-corrected chi connectivity index (χ4v) is 3.52. The van der Waals surface area contributed by atoms with Crippen LogP contribution in [0.1, 0.15) is 25.0 Å². The molecular weight excluding hydrogens is 470 g/mol. The van der Waals surface area contributed by atoms with Crippen LogP contribution in [0.3, 0.4) is 0 Å². The highest BCUT2D eigenvalue weighted by Gasteiger charge is 2.20. The number of nitrogens with zero attached hydrogens (tertiary/aromatic N) is 2. The van der Waals surface area contributed by atoms with Gasteiger partial charge < -0.3 is 18.9 Å². The van der Waals surface area contributed by atoms with Crippen LogP contribution in [-0.4, -0.2) is 35.6 Å². The van der Waals surface area contributed by atoms with Crippen molar-refractivity contribution < 1.29 is 32.5 Å². The maximum atomic E-state index is 12.6. The average molecular weight is 495 g/mol. The Morgan fingerprint density at radius 3 is 2.47 bits per heavy atom. The van der Waals surface area contributed by atoms with Gasteiger partial charge in [0, 0.05) is 18.2 Å². The van der Waals surface area contributed by atoms with Gasteiger partial charge in [-0.1, -0.05) is 30.7 Å². The molecule has 2 aromatic carbocycles. The van der Waals surface area contributed by atoms with Crippen molar-refractivity contribution >= 4 is 17.6 Å². The molecule has 0 amide bonds. The van der Waals surface area contributed by atoms with Crippen LogP contribution >= 0.6 is 11.6 Å². The lowest BCUT2D eigenvalue weighted by molar-refractivity contribution is -0.147. The van der Waals surface area contributed by atoms with Gasteiger partial charge in [0.05, 0.1) is 7.11 Å². The fraction of sp³-hybridized carbons (Fsp3) is 0.333. The molecule has 3 rings (SSSR count).